The van der Waals surface area contributed by atoms with Crippen LogP contribution >= 0.6 is 0 Å². The van der Waals surface area contributed by atoms with Gasteiger partial charge in [0.25, 0.3) is 0 Å². The Balaban J connectivity index is 1.41. The lowest BCUT2D eigenvalue weighted by atomic mass is 9.97. The van der Waals surface area contributed by atoms with E-state index in [0.717, 1.165) is 31.5 Å². The molecule has 0 bridgehead atoms. The molecule has 1 aromatic heterocycles. The van der Waals surface area contributed by atoms with Crippen molar-refractivity contribution in [2.45, 2.75) is 75.5 Å². The number of nitrogens with one attached hydrogen (secondary N) is 1. The van der Waals surface area contributed by atoms with Crippen molar-refractivity contribution < 1.29 is 13.5 Å². The maximum Gasteiger partial charge on any atom is 0.239 e. The van der Waals surface area contributed by atoms with Crippen LogP contribution in [0.2, 0.25) is 0 Å². The number of carbonyl (C=O) groups excluding carboxylic acids is 1. The van der Waals surface area contributed by atoms with Crippen LogP contribution < -0.4 is 5.32 Å². The molecule has 1 atom stereocenters. The first-order valence-electron chi connectivity index (χ1n) is 8.67. The molecule has 7 heteroatoms. The number of carbonyl (C=O) groups is 1. The van der Waals surface area contributed by atoms with Gasteiger partial charge in [-0.3, -0.25) is 9.00 Å². The van der Waals surface area contributed by atoms with Gasteiger partial charge in [0.1, 0.15) is 11.5 Å². The number of aromatic nitrogens is 2. The highest BCUT2D eigenvalue weighted by Crippen LogP contribution is 2.38. The maximum absolute atomic E-state index is 12.1. The monoisotopic (exact) mass is 339 g/mol. The molecule has 6 nitrogen and oxygen atoms in total. The number of amides is 1. The summed E-state index contributed by atoms with van der Waals surface area (Å²) >= 11 is 0. The fourth-order valence-corrected chi connectivity index (χ4v) is 3.91. The van der Waals surface area contributed by atoms with Gasteiger partial charge in [0, 0.05) is 22.8 Å². The van der Waals surface area contributed by atoms with Gasteiger partial charge in [0.15, 0.2) is 5.82 Å². The third kappa shape index (κ3) is 5.41. The molecule has 1 aromatic rings. The molecular formula is C16H25N3O3S. The Morgan fingerprint density at radius 1 is 1.13 bits per heavy atom. The molecule has 3 rings (SSSR count). The van der Waals surface area contributed by atoms with Crippen molar-refractivity contribution in [3.8, 4) is 0 Å². The van der Waals surface area contributed by atoms with Crippen molar-refractivity contribution in [2.24, 2.45) is 0 Å². The lowest BCUT2D eigenvalue weighted by Gasteiger charge is -2.20. The second-order valence-corrected chi connectivity index (χ2v) is 8.12. The summed E-state index contributed by atoms with van der Waals surface area (Å²) in [6.45, 7) is 0. The van der Waals surface area contributed by atoms with E-state index in [4.69, 9.17) is 4.52 Å². The Bertz CT molecular complexity index is 549. The van der Waals surface area contributed by atoms with Crippen LogP contribution in [-0.4, -0.2) is 32.1 Å². The van der Waals surface area contributed by atoms with Gasteiger partial charge < -0.3 is 9.84 Å². The van der Waals surface area contributed by atoms with Crippen LogP contribution in [0.3, 0.4) is 0 Å². The van der Waals surface area contributed by atoms with E-state index in [-0.39, 0.29) is 23.5 Å². The molecule has 2 fully saturated rings. The highest BCUT2D eigenvalue weighted by Gasteiger charge is 2.29. The summed E-state index contributed by atoms with van der Waals surface area (Å²) in [5, 5.41) is 6.94. The molecule has 1 amide bonds. The first kappa shape index (κ1) is 16.6. The Kier molecular flexibility index (Phi) is 5.80. The zero-order valence-electron chi connectivity index (χ0n) is 13.5. The molecule has 1 heterocycles. The van der Waals surface area contributed by atoms with E-state index in [1.165, 1.54) is 32.1 Å². The zero-order chi connectivity index (χ0) is 16.1. The Morgan fingerprint density at radius 3 is 2.52 bits per heavy atom. The van der Waals surface area contributed by atoms with Gasteiger partial charge in [-0.05, 0) is 25.7 Å². The van der Waals surface area contributed by atoms with Gasteiger partial charge in [-0.2, -0.15) is 4.98 Å². The van der Waals surface area contributed by atoms with Crippen molar-refractivity contribution in [1.82, 2.24) is 15.5 Å². The molecule has 0 unspecified atom stereocenters. The first-order valence-corrected chi connectivity index (χ1v) is 10.2. The highest BCUT2D eigenvalue weighted by molar-refractivity contribution is 7.84. The third-order valence-electron chi connectivity index (χ3n) is 4.47. The van der Waals surface area contributed by atoms with E-state index >= 15 is 0 Å². The Labute approximate surface area is 139 Å². The molecule has 128 valence electrons. The van der Waals surface area contributed by atoms with E-state index in [0.29, 0.717) is 11.8 Å². The normalized spacial score (nSPS) is 21.4. The molecule has 0 spiro atoms. The van der Waals surface area contributed by atoms with Crippen LogP contribution in [0.5, 0.6) is 0 Å². The quantitative estimate of drug-likeness (QED) is 0.860. The van der Waals surface area contributed by atoms with Gasteiger partial charge in [-0.15, -0.1) is 0 Å². The molecule has 23 heavy (non-hydrogen) atoms. The lowest BCUT2D eigenvalue weighted by molar-refractivity contribution is -0.119. The van der Waals surface area contributed by atoms with Gasteiger partial charge in [0.2, 0.25) is 11.8 Å². The highest BCUT2D eigenvalue weighted by atomic mass is 32.2. The van der Waals surface area contributed by atoms with Crippen LogP contribution in [0.25, 0.3) is 0 Å². The van der Waals surface area contributed by atoms with Crippen molar-refractivity contribution in [2.75, 3.05) is 5.75 Å². The molecule has 0 saturated heterocycles. The van der Waals surface area contributed by atoms with Crippen LogP contribution in [-0.2, 0) is 21.3 Å². The van der Waals surface area contributed by atoms with Crippen LogP contribution in [0.4, 0.5) is 0 Å². The molecule has 2 aliphatic rings. The standard InChI is InChI=1S/C16H25N3O3S/c20-14(17-13-6-4-2-1-3-5-7-13)10-23(21)11-15-18-16(19-22-15)12-8-9-12/h12-13H,1-11H2,(H,17,20)/t23-/m0/s1. The topological polar surface area (TPSA) is 85.1 Å². The number of rotatable bonds is 6. The molecule has 2 aliphatic carbocycles. The van der Waals surface area contributed by atoms with Gasteiger partial charge in [0.05, 0.1) is 0 Å². The van der Waals surface area contributed by atoms with Gasteiger partial charge >= 0.3 is 0 Å². The molecule has 0 radical (unpaired) electrons. The number of nitrogens with zero attached hydrogens (tertiary/aromatic N) is 2. The van der Waals surface area contributed by atoms with E-state index in [9.17, 15) is 9.00 Å². The first-order chi connectivity index (χ1) is 11.2. The predicted molar refractivity (Wildman–Crippen MR) is 87.2 cm³/mol. The van der Waals surface area contributed by atoms with Gasteiger partial charge in [-0.25, -0.2) is 0 Å². The smallest absolute Gasteiger partial charge is 0.239 e. The predicted octanol–water partition coefficient (Wildman–Crippen LogP) is 2.42. The minimum Gasteiger partial charge on any atom is -0.353 e. The second kappa shape index (κ2) is 8.04. The molecule has 2 saturated carbocycles. The summed E-state index contributed by atoms with van der Waals surface area (Å²) in [6.07, 6.45) is 10.4. The summed E-state index contributed by atoms with van der Waals surface area (Å²) in [5.74, 6) is 1.56. The summed E-state index contributed by atoms with van der Waals surface area (Å²) in [6, 6.07) is 0.240. The van der Waals surface area contributed by atoms with E-state index < -0.39 is 10.8 Å². The van der Waals surface area contributed by atoms with E-state index in [1.807, 2.05) is 0 Å². The molecule has 0 aromatic carbocycles. The average Bonchev–Trinajstić information content (AvgIpc) is 3.22. The number of hydrogen-bond donors (Lipinski definition) is 1. The fourth-order valence-electron chi connectivity index (χ4n) is 3.04. The van der Waals surface area contributed by atoms with Crippen LogP contribution in [0.1, 0.15) is 75.4 Å². The summed E-state index contributed by atoms with van der Waals surface area (Å²) in [4.78, 5) is 16.3. The minimum absolute atomic E-state index is 0.0115. The second-order valence-electron chi connectivity index (χ2n) is 6.66. The minimum atomic E-state index is -1.30. The molecule has 1 N–H and O–H groups in total. The maximum atomic E-state index is 12.1. The van der Waals surface area contributed by atoms with Crippen molar-refractivity contribution in [3.63, 3.8) is 0 Å². The SMILES string of the molecule is O=C(C[S@](=O)Cc1nc(C2CC2)no1)NC1CCCCCCC1. The van der Waals surface area contributed by atoms with Gasteiger partial charge in [-0.1, -0.05) is 37.3 Å². The zero-order valence-corrected chi connectivity index (χ0v) is 14.3. The van der Waals surface area contributed by atoms with Crippen molar-refractivity contribution in [3.05, 3.63) is 11.7 Å². The Morgan fingerprint density at radius 2 is 1.83 bits per heavy atom. The average molecular weight is 339 g/mol. The van der Waals surface area contributed by atoms with Crippen LogP contribution in [0.15, 0.2) is 4.52 Å². The largest absolute Gasteiger partial charge is 0.353 e. The summed E-state index contributed by atoms with van der Waals surface area (Å²) in [7, 11) is -1.30. The number of hydrogen-bond acceptors (Lipinski definition) is 5. The van der Waals surface area contributed by atoms with E-state index in [2.05, 4.69) is 15.5 Å². The summed E-state index contributed by atoms with van der Waals surface area (Å²) < 4.78 is 17.2. The van der Waals surface area contributed by atoms with E-state index in [1.54, 1.807) is 0 Å². The molecule has 0 aliphatic heterocycles. The van der Waals surface area contributed by atoms with Crippen molar-refractivity contribution >= 4 is 16.7 Å². The summed E-state index contributed by atoms with van der Waals surface area (Å²) in [5.41, 5.74) is 0. The Hall–Kier alpha value is -1.24. The third-order valence-corrected chi connectivity index (χ3v) is 5.63. The van der Waals surface area contributed by atoms with Crippen molar-refractivity contribution in [1.29, 1.82) is 0 Å². The molecular weight excluding hydrogens is 314 g/mol. The van der Waals surface area contributed by atoms with Crippen LogP contribution in [0, 0.1) is 0 Å². The fraction of sp³-hybridized carbons (Fsp3) is 0.812. The lowest BCUT2D eigenvalue weighted by Crippen LogP contribution is -2.38.